The molecule has 2 aliphatic heterocycles. The maximum absolute atomic E-state index is 13.7. The molecule has 0 aliphatic carbocycles. The second kappa shape index (κ2) is 10.7. The Bertz CT molecular complexity index is 1380. The molecule has 6 heteroatoms. The van der Waals surface area contributed by atoms with Crippen LogP contribution < -0.4 is 9.64 Å². The molecular weight excluding hydrogens is 490 g/mol. The third kappa shape index (κ3) is 5.23. The van der Waals surface area contributed by atoms with Crippen LogP contribution in [0.15, 0.2) is 82.7 Å². The summed E-state index contributed by atoms with van der Waals surface area (Å²) < 4.78 is 5.83. The molecule has 0 radical (unpaired) electrons. The van der Waals surface area contributed by atoms with Gasteiger partial charge in [-0.25, -0.2) is 4.99 Å². The Kier molecular flexibility index (Phi) is 7.35. The van der Waals surface area contributed by atoms with Gasteiger partial charge in [-0.2, -0.15) is 0 Å². The molecule has 196 valence electrons. The summed E-state index contributed by atoms with van der Waals surface area (Å²) in [6.07, 6.45) is 3.80. The lowest BCUT2D eigenvalue weighted by Gasteiger charge is -2.45. The number of anilines is 1. The molecule has 0 N–H and O–H groups in total. The average Bonchev–Trinajstić information content (AvgIpc) is 3.20. The first-order valence-corrected chi connectivity index (χ1v) is 13.9. The van der Waals surface area contributed by atoms with Crippen molar-refractivity contribution in [1.82, 2.24) is 4.90 Å². The van der Waals surface area contributed by atoms with Gasteiger partial charge in [0.2, 0.25) is 0 Å². The number of ether oxygens (including phenoxy) is 1. The lowest BCUT2D eigenvalue weighted by Crippen LogP contribution is -2.45. The van der Waals surface area contributed by atoms with Crippen molar-refractivity contribution in [1.29, 1.82) is 0 Å². The van der Waals surface area contributed by atoms with Crippen molar-refractivity contribution >= 4 is 40.3 Å². The van der Waals surface area contributed by atoms with Crippen LogP contribution in [-0.4, -0.2) is 42.2 Å². The Morgan fingerprint density at radius 1 is 1.08 bits per heavy atom. The molecule has 1 amide bonds. The number of carbonyl (C=O) groups excluding carboxylic acids is 1. The Morgan fingerprint density at radius 2 is 1.76 bits per heavy atom. The normalized spacial score (nSPS) is 20.8. The number of nitrogens with zero attached hydrogens (tertiary/aromatic N) is 3. The lowest BCUT2D eigenvalue weighted by atomic mass is 9.80. The number of hydrogen-bond acceptors (Lipinski definition) is 5. The van der Waals surface area contributed by atoms with E-state index in [0.29, 0.717) is 22.5 Å². The topological polar surface area (TPSA) is 45.1 Å². The third-order valence-corrected chi connectivity index (χ3v) is 8.61. The molecular formula is C32H35N3O2S. The van der Waals surface area contributed by atoms with Crippen LogP contribution in [0.2, 0.25) is 0 Å². The number of benzene rings is 3. The predicted octanol–water partition coefficient (Wildman–Crippen LogP) is 7.26. The highest BCUT2D eigenvalue weighted by atomic mass is 32.2. The predicted molar refractivity (Wildman–Crippen MR) is 159 cm³/mol. The zero-order valence-corrected chi connectivity index (χ0v) is 23.6. The van der Waals surface area contributed by atoms with Gasteiger partial charge in [0.15, 0.2) is 5.17 Å². The fourth-order valence-corrected chi connectivity index (χ4v) is 6.34. The van der Waals surface area contributed by atoms with Gasteiger partial charge in [-0.3, -0.25) is 9.69 Å². The number of amidine groups is 1. The van der Waals surface area contributed by atoms with E-state index in [9.17, 15) is 4.79 Å². The summed E-state index contributed by atoms with van der Waals surface area (Å²) in [6.45, 7) is 7.40. The first-order chi connectivity index (χ1) is 18.3. The third-order valence-electron chi connectivity index (χ3n) is 7.61. The Labute approximate surface area is 230 Å². The van der Waals surface area contributed by atoms with Gasteiger partial charge in [0.05, 0.1) is 17.7 Å². The largest absolute Gasteiger partial charge is 0.496 e. The first kappa shape index (κ1) is 26.1. The van der Waals surface area contributed by atoms with Crippen LogP contribution in [0, 0.1) is 0 Å². The van der Waals surface area contributed by atoms with E-state index in [1.807, 2.05) is 54.6 Å². The molecule has 2 aliphatic rings. The highest BCUT2D eigenvalue weighted by molar-refractivity contribution is 8.18. The first-order valence-electron chi connectivity index (χ1n) is 13.1. The molecule has 2 heterocycles. The number of rotatable bonds is 6. The highest BCUT2D eigenvalue weighted by Crippen LogP contribution is 2.46. The molecule has 1 atom stereocenters. The molecule has 0 saturated carbocycles. The molecule has 5 rings (SSSR count). The van der Waals surface area contributed by atoms with Gasteiger partial charge in [0, 0.05) is 36.4 Å². The monoisotopic (exact) mass is 525 g/mol. The molecule has 3 aromatic carbocycles. The van der Waals surface area contributed by atoms with Gasteiger partial charge in [-0.15, -0.1) is 0 Å². The van der Waals surface area contributed by atoms with Gasteiger partial charge in [0.25, 0.3) is 5.91 Å². The summed E-state index contributed by atoms with van der Waals surface area (Å²) in [5.74, 6) is 1.15. The van der Waals surface area contributed by atoms with Crippen molar-refractivity contribution in [3.63, 3.8) is 0 Å². The van der Waals surface area contributed by atoms with Crippen LogP contribution >= 0.6 is 11.8 Å². The lowest BCUT2D eigenvalue weighted by molar-refractivity contribution is -0.122. The van der Waals surface area contributed by atoms with E-state index >= 15 is 0 Å². The minimum Gasteiger partial charge on any atom is -0.496 e. The van der Waals surface area contributed by atoms with Crippen molar-refractivity contribution in [2.75, 3.05) is 25.6 Å². The van der Waals surface area contributed by atoms with Gasteiger partial charge in [-0.05, 0) is 79.8 Å². The van der Waals surface area contributed by atoms with E-state index in [0.717, 1.165) is 29.8 Å². The van der Waals surface area contributed by atoms with Crippen molar-refractivity contribution in [2.24, 2.45) is 4.99 Å². The second-order valence-electron chi connectivity index (χ2n) is 10.7. The maximum atomic E-state index is 13.7. The molecule has 3 aromatic rings. The van der Waals surface area contributed by atoms with Gasteiger partial charge in [-0.1, -0.05) is 55.5 Å². The van der Waals surface area contributed by atoms with E-state index < -0.39 is 0 Å². The molecule has 38 heavy (non-hydrogen) atoms. The number of hydrogen-bond donors (Lipinski definition) is 0. The van der Waals surface area contributed by atoms with Crippen LogP contribution in [0.4, 0.5) is 11.4 Å². The van der Waals surface area contributed by atoms with Crippen LogP contribution in [0.25, 0.3) is 6.08 Å². The Balaban J connectivity index is 1.51. The Hall–Kier alpha value is -3.51. The Morgan fingerprint density at radius 3 is 2.45 bits per heavy atom. The van der Waals surface area contributed by atoms with E-state index in [1.165, 1.54) is 28.6 Å². The van der Waals surface area contributed by atoms with Crippen molar-refractivity contribution in [3.05, 3.63) is 94.4 Å². The summed E-state index contributed by atoms with van der Waals surface area (Å²) >= 11 is 1.43. The summed E-state index contributed by atoms with van der Waals surface area (Å²) in [5.41, 5.74) is 5.49. The van der Waals surface area contributed by atoms with E-state index in [-0.39, 0.29) is 11.4 Å². The van der Waals surface area contributed by atoms with Crippen LogP contribution in [0.5, 0.6) is 5.75 Å². The number of methoxy groups -OCH3 is 1. The van der Waals surface area contributed by atoms with Crippen molar-refractivity contribution in [3.8, 4) is 5.75 Å². The number of amides is 1. The van der Waals surface area contributed by atoms with Gasteiger partial charge < -0.3 is 9.64 Å². The number of thioether (sulfide) groups is 1. The summed E-state index contributed by atoms with van der Waals surface area (Å²) in [4.78, 5) is 23.4. The summed E-state index contributed by atoms with van der Waals surface area (Å²) in [6, 6.07) is 24.4. The second-order valence-corrected chi connectivity index (χ2v) is 11.7. The fraction of sp³-hybridized carbons (Fsp3) is 0.312. The minimum absolute atomic E-state index is 0.0216. The smallest absolute Gasteiger partial charge is 0.266 e. The zero-order valence-electron chi connectivity index (χ0n) is 22.8. The highest BCUT2D eigenvalue weighted by Gasteiger charge is 2.36. The average molecular weight is 526 g/mol. The molecule has 5 nitrogen and oxygen atoms in total. The number of aliphatic imine (C=N–C) groups is 1. The zero-order chi connectivity index (χ0) is 26.9. The van der Waals surface area contributed by atoms with Crippen LogP contribution in [-0.2, 0) is 11.2 Å². The minimum atomic E-state index is -0.0216. The summed E-state index contributed by atoms with van der Waals surface area (Å²) in [5, 5.41) is 0.704. The summed E-state index contributed by atoms with van der Waals surface area (Å²) in [7, 11) is 3.84. The van der Waals surface area contributed by atoms with Crippen LogP contribution in [0.1, 0.15) is 49.8 Å². The molecule has 1 saturated heterocycles. The molecule has 1 fully saturated rings. The number of fused-ring (bicyclic) bond motifs is 1. The molecule has 1 unspecified atom stereocenters. The van der Waals surface area contributed by atoms with E-state index in [4.69, 9.17) is 9.73 Å². The molecule has 0 aromatic heterocycles. The van der Waals surface area contributed by atoms with E-state index in [2.05, 4.69) is 57.0 Å². The molecule has 0 bridgehead atoms. The fourth-order valence-electron chi connectivity index (χ4n) is 5.33. The maximum Gasteiger partial charge on any atom is 0.266 e. The standard InChI is InChI=1S/C32H35N3O2S/c1-22-21-32(2,3)34(4)27-20-28(37-5)24(18-26(22)27)19-29-30(36)35(17-16-23-12-8-6-9-13-23)31(38-29)33-25-14-10-7-11-15-25/h6-15,18-20,22H,16-17,21H2,1-5H3/b29-19+,33-31?. The number of carbonyl (C=O) groups is 1. The quantitative estimate of drug-likeness (QED) is 0.318. The molecule has 0 spiro atoms. The van der Waals surface area contributed by atoms with Gasteiger partial charge in [0.1, 0.15) is 5.75 Å². The van der Waals surface area contributed by atoms with E-state index in [1.54, 1.807) is 12.0 Å². The van der Waals surface area contributed by atoms with Gasteiger partial charge >= 0.3 is 0 Å². The van der Waals surface area contributed by atoms with Crippen LogP contribution in [0.3, 0.4) is 0 Å². The number of para-hydroxylation sites is 1. The SMILES string of the molecule is COc1cc2c(cc1/C=C1/SC(=Nc3ccccc3)N(CCc3ccccc3)C1=O)C(C)CC(C)(C)N2C. The van der Waals surface area contributed by atoms with Crippen molar-refractivity contribution in [2.45, 2.75) is 45.1 Å². The van der Waals surface area contributed by atoms with Crippen molar-refractivity contribution < 1.29 is 9.53 Å².